The fraction of sp³-hybridized carbons (Fsp3) is 0.636. The second-order valence-corrected chi connectivity index (χ2v) is 4.77. The Labute approximate surface area is 95.1 Å². The molecule has 0 aliphatic rings. The molecule has 4 heteroatoms. The molecule has 0 atom stereocenters. The Kier molecular flexibility index (Phi) is 4.75. The van der Waals surface area contributed by atoms with Crippen molar-refractivity contribution in [2.24, 2.45) is 0 Å². The minimum Gasteiger partial charge on any atom is -0.345 e. The number of amides is 1. The van der Waals surface area contributed by atoms with Gasteiger partial charge in [0.05, 0.1) is 17.1 Å². The van der Waals surface area contributed by atoms with Gasteiger partial charge in [-0.15, -0.1) is 11.3 Å². The van der Waals surface area contributed by atoms with Gasteiger partial charge in [0.15, 0.2) is 0 Å². The molecular weight excluding hydrogens is 208 g/mol. The van der Waals surface area contributed by atoms with E-state index in [0.717, 1.165) is 30.1 Å². The van der Waals surface area contributed by atoms with Gasteiger partial charge in [-0.1, -0.05) is 13.3 Å². The quantitative estimate of drug-likeness (QED) is 0.771. The first-order valence-corrected chi connectivity index (χ1v) is 6.16. The summed E-state index contributed by atoms with van der Waals surface area (Å²) in [6.07, 6.45) is 2.62. The van der Waals surface area contributed by atoms with Crippen molar-refractivity contribution in [3.63, 3.8) is 0 Å². The molecule has 0 saturated heterocycles. The number of aryl methyl sites for hydroxylation is 1. The first-order chi connectivity index (χ1) is 7.13. The SMILES string of the molecule is CCCCN(C)C(=O)Cc1csc(C)n1. The lowest BCUT2D eigenvalue weighted by Gasteiger charge is -2.15. The van der Waals surface area contributed by atoms with E-state index in [1.165, 1.54) is 0 Å². The minimum absolute atomic E-state index is 0.161. The highest BCUT2D eigenvalue weighted by atomic mass is 32.1. The van der Waals surface area contributed by atoms with Gasteiger partial charge in [-0.2, -0.15) is 0 Å². The average Bonchev–Trinajstić information content (AvgIpc) is 2.60. The van der Waals surface area contributed by atoms with Gasteiger partial charge >= 0.3 is 0 Å². The molecule has 15 heavy (non-hydrogen) atoms. The van der Waals surface area contributed by atoms with E-state index in [4.69, 9.17) is 0 Å². The highest BCUT2D eigenvalue weighted by molar-refractivity contribution is 7.09. The van der Waals surface area contributed by atoms with E-state index < -0.39 is 0 Å². The van der Waals surface area contributed by atoms with Gasteiger partial charge in [-0.3, -0.25) is 4.79 Å². The average molecular weight is 226 g/mol. The molecule has 0 N–H and O–H groups in total. The lowest BCUT2D eigenvalue weighted by atomic mass is 10.2. The molecule has 0 radical (unpaired) electrons. The molecule has 1 aromatic rings. The number of unbranched alkanes of at least 4 members (excludes halogenated alkanes) is 1. The summed E-state index contributed by atoms with van der Waals surface area (Å²) in [5.74, 6) is 0.161. The highest BCUT2D eigenvalue weighted by Crippen LogP contribution is 2.09. The predicted octanol–water partition coefficient (Wildman–Crippen LogP) is 2.25. The third kappa shape index (κ3) is 4.00. The zero-order valence-corrected chi connectivity index (χ0v) is 10.4. The van der Waals surface area contributed by atoms with Crippen LogP contribution in [-0.2, 0) is 11.2 Å². The van der Waals surface area contributed by atoms with Crippen LogP contribution in [0.5, 0.6) is 0 Å². The summed E-state index contributed by atoms with van der Waals surface area (Å²) in [5.41, 5.74) is 0.894. The topological polar surface area (TPSA) is 33.2 Å². The van der Waals surface area contributed by atoms with Crippen LogP contribution >= 0.6 is 11.3 Å². The number of rotatable bonds is 5. The van der Waals surface area contributed by atoms with Crippen molar-refractivity contribution in [1.29, 1.82) is 0 Å². The van der Waals surface area contributed by atoms with Gasteiger partial charge in [0.2, 0.25) is 5.91 Å². The summed E-state index contributed by atoms with van der Waals surface area (Å²) in [6, 6.07) is 0. The molecule has 0 aliphatic heterocycles. The van der Waals surface area contributed by atoms with Crippen LogP contribution < -0.4 is 0 Å². The molecule has 1 aromatic heterocycles. The molecule has 84 valence electrons. The largest absolute Gasteiger partial charge is 0.345 e. The van der Waals surface area contributed by atoms with Crippen molar-refractivity contribution < 1.29 is 4.79 Å². The van der Waals surface area contributed by atoms with Crippen LogP contribution in [0, 0.1) is 6.92 Å². The van der Waals surface area contributed by atoms with Crippen LogP contribution in [0.25, 0.3) is 0 Å². The molecule has 0 fully saturated rings. The van der Waals surface area contributed by atoms with E-state index in [1.54, 1.807) is 16.2 Å². The van der Waals surface area contributed by atoms with E-state index in [0.29, 0.717) is 6.42 Å². The van der Waals surface area contributed by atoms with E-state index in [1.807, 2.05) is 19.4 Å². The summed E-state index contributed by atoms with van der Waals surface area (Å²) >= 11 is 1.59. The van der Waals surface area contributed by atoms with Gasteiger partial charge in [0.1, 0.15) is 0 Å². The number of likely N-dealkylation sites (N-methyl/N-ethyl adjacent to an activating group) is 1. The van der Waals surface area contributed by atoms with Crippen molar-refractivity contribution in [3.05, 3.63) is 16.1 Å². The highest BCUT2D eigenvalue weighted by Gasteiger charge is 2.10. The normalized spacial score (nSPS) is 10.3. The van der Waals surface area contributed by atoms with Gasteiger partial charge in [-0.05, 0) is 13.3 Å². The Bertz CT molecular complexity index is 322. The molecule has 0 unspecified atom stereocenters. The fourth-order valence-corrected chi connectivity index (χ4v) is 1.91. The molecule has 3 nitrogen and oxygen atoms in total. The summed E-state index contributed by atoms with van der Waals surface area (Å²) in [4.78, 5) is 17.8. The molecule has 0 bridgehead atoms. The summed E-state index contributed by atoms with van der Waals surface area (Å²) < 4.78 is 0. The number of carbonyl (C=O) groups is 1. The summed E-state index contributed by atoms with van der Waals surface area (Å²) in [7, 11) is 1.86. The summed E-state index contributed by atoms with van der Waals surface area (Å²) in [5, 5.41) is 2.98. The zero-order valence-electron chi connectivity index (χ0n) is 9.62. The van der Waals surface area contributed by atoms with Gasteiger partial charge < -0.3 is 4.90 Å². The molecule has 0 aliphatic carbocycles. The number of nitrogens with zero attached hydrogens (tertiary/aromatic N) is 2. The van der Waals surface area contributed by atoms with Crippen LogP contribution in [-0.4, -0.2) is 29.4 Å². The van der Waals surface area contributed by atoms with E-state index >= 15 is 0 Å². The standard InChI is InChI=1S/C11H18N2OS/c1-4-5-6-13(3)11(14)7-10-8-15-9(2)12-10/h8H,4-7H2,1-3H3. The Hall–Kier alpha value is -0.900. The maximum absolute atomic E-state index is 11.7. The van der Waals surface area contributed by atoms with Crippen molar-refractivity contribution in [1.82, 2.24) is 9.88 Å². The second kappa shape index (κ2) is 5.85. The van der Waals surface area contributed by atoms with Crippen molar-refractivity contribution in [2.75, 3.05) is 13.6 Å². The second-order valence-electron chi connectivity index (χ2n) is 3.70. The molecule has 0 aromatic carbocycles. The molecule has 0 spiro atoms. The fourth-order valence-electron chi connectivity index (χ4n) is 1.30. The summed E-state index contributed by atoms with van der Waals surface area (Å²) in [6.45, 7) is 4.93. The van der Waals surface area contributed by atoms with Crippen LogP contribution in [0.3, 0.4) is 0 Å². The van der Waals surface area contributed by atoms with Gasteiger partial charge in [-0.25, -0.2) is 4.98 Å². The first kappa shape index (κ1) is 12.2. The van der Waals surface area contributed by atoms with Crippen molar-refractivity contribution in [3.8, 4) is 0 Å². The Morgan fingerprint density at radius 1 is 1.60 bits per heavy atom. The minimum atomic E-state index is 0.161. The predicted molar refractivity (Wildman–Crippen MR) is 63.1 cm³/mol. The Morgan fingerprint density at radius 2 is 2.33 bits per heavy atom. The first-order valence-electron chi connectivity index (χ1n) is 5.28. The maximum atomic E-state index is 11.7. The maximum Gasteiger partial charge on any atom is 0.228 e. The third-order valence-corrected chi connectivity index (χ3v) is 3.09. The molecule has 1 heterocycles. The molecular formula is C11H18N2OS. The number of aromatic nitrogens is 1. The molecule has 0 saturated carbocycles. The lowest BCUT2D eigenvalue weighted by molar-refractivity contribution is -0.129. The number of carbonyl (C=O) groups excluding carboxylic acids is 1. The van der Waals surface area contributed by atoms with E-state index in [2.05, 4.69) is 11.9 Å². The monoisotopic (exact) mass is 226 g/mol. The lowest BCUT2D eigenvalue weighted by Crippen LogP contribution is -2.29. The number of thiazole rings is 1. The Morgan fingerprint density at radius 3 is 2.87 bits per heavy atom. The number of hydrogen-bond acceptors (Lipinski definition) is 3. The molecule has 1 rings (SSSR count). The Balaban J connectivity index is 2.41. The van der Waals surface area contributed by atoms with Gasteiger partial charge in [0.25, 0.3) is 0 Å². The van der Waals surface area contributed by atoms with Crippen LogP contribution in [0.4, 0.5) is 0 Å². The number of hydrogen-bond donors (Lipinski definition) is 0. The van der Waals surface area contributed by atoms with E-state index in [9.17, 15) is 4.79 Å². The van der Waals surface area contributed by atoms with Crippen molar-refractivity contribution >= 4 is 17.2 Å². The van der Waals surface area contributed by atoms with Crippen LogP contribution in [0.2, 0.25) is 0 Å². The van der Waals surface area contributed by atoms with E-state index in [-0.39, 0.29) is 5.91 Å². The van der Waals surface area contributed by atoms with Crippen LogP contribution in [0.1, 0.15) is 30.5 Å². The van der Waals surface area contributed by atoms with Crippen LogP contribution in [0.15, 0.2) is 5.38 Å². The van der Waals surface area contributed by atoms with Gasteiger partial charge in [0, 0.05) is 19.0 Å². The third-order valence-electron chi connectivity index (χ3n) is 2.27. The zero-order chi connectivity index (χ0) is 11.3. The smallest absolute Gasteiger partial charge is 0.228 e. The van der Waals surface area contributed by atoms with Crippen molar-refractivity contribution in [2.45, 2.75) is 33.1 Å². The molecule has 1 amide bonds.